The van der Waals surface area contributed by atoms with Crippen LogP contribution in [0, 0.1) is 0 Å². The molecule has 2 aromatic heterocycles. The molecule has 0 unspecified atom stereocenters. The maximum atomic E-state index is 12.0. The number of unbranched alkanes of at least 4 members (excludes halogenated alkanes) is 4. The van der Waals surface area contributed by atoms with Gasteiger partial charge in [-0.05, 0) is 12.8 Å². The summed E-state index contributed by atoms with van der Waals surface area (Å²) < 4.78 is 2.47. The maximum absolute atomic E-state index is 12.0. The van der Waals surface area contributed by atoms with Gasteiger partial charge in [0.2, 0.25) is 0 Å². The second kappa shape index (κ2) is 6.71. The van der Waals surface area contributed by atoms with Crippen molar-refractivity contribution in [3.8, 4) is 0 Å². The molecule has 7 heteroatoms. The van der Waals surface area contributed by atoms with Crippen LogP contribution in [0.1, 0.15) is 37.9 Å². The topological polar surface area (TPSA) is 92.9 Å². The van der Waals surface area contributed by atoms with E-state index in [4.69, 9.17) is 5.11 Å². The fourth-order valence-electron chi connectivity index (χ4n) is 2.43. The number of aromatic amines is 1. The lowest BCUT2D eigenvalue weighted by atomic mass is 10.1. The van der Waals surface area contributed by atoms with Gasteiger partial charge in [-0.15, -0.1) is 0 Å². The molecular formula is C14H22N4O3. The molecule has 0 fully saturated rings. The highest BCUT2D eigenvalue weighted by Crippen LogP contribution is 2.09. The molecule has 2 aromatic rings. The molecule has 7 nitrogen and oxygen atoms in total. The summed E-state index contributed by atoms with van der Waals surface area (Å²) in [7, 11) is 3.08. The van der Waals surface area contributed by atoms with Gasteiger partial charge in [0.05, 0.1) is 0 Å². The third-order valence-corrected chi connectivity index (χ3v) is 3.72. The Labute approximate surface area is 122 Å². The van der Waals surface area contributed by atoms with E-state index in [-0.39, 0.29) is 17.9 Å². The van der Waals surface area contributed by atoms with Gasteiger partial charge in [0.15, 0.2) is 5.65 Å². The van der Waals surface area contributed by atoms with Gasteiger partial charge in [-0.3, -0.25) is 13.9 Å². The molecule has 0 saturated carbocycles. The number of aryl methyl sites for hydroxylation is 2. The largest absolute Gasteiger partial charge is 0.396 e. The van der Waals surface area contributed by atoms with Gasteiger partial charge < -0.3 is 10.1 Å². The number of hydrogen-bond acceptors (Lipinski definition) is 4. The zero-order valence-electron chi connectivity index (χ0n) is 12.6. The highest BCUT2D eigenvalue weighted by atomic mass is 16.3. The summed E-state index contributed by atoms with van der Waals surface area (Å²) in [5, 5.41) is 8.70. The van der Waals surface area contributed by atoms with Gasteiger partial charge in [0.25, 0.3) is 5.56 Å². The summed E-state index contributed by atoms with van der Waals surface area (Å²) in [4.78, 5) is 31.2. The minimum absolute atomic E-state index is 0.251. The van der Waals surface area contributed by atoms with Crippen molar-refractivity contribution in [1.82, 2.24) is 19.1 Å². The molecule has 0 bridgehead atoms. The molecule has 2 N–H and O–H groups in total. The summed E-state index contributed by atoms with van der Waals surface area (Å²) in [5.74, 6) is 0.741. The molecule has 0 atom stereocenters. The van der Waals surface area contributed by atoms with Crippen molar-refractivity contribution >= 4 is 11.2 Å². The van der Waals surface area contributed by atoms with Gasteiger partial charge in [-0.1, -0.05) is 19.3 Å². The smallest absolute Gasteiger partial charge is 0.332 e. The van der Waals surface area contributed by atoms with E-state index in [1.54, 1.807) is 7.05 Å². The Bertz CT molecular complexity index is 726. The Balaban J connectivity index is 2.10. The number of aliphatic hydroxyl groups is 1. The Hall–Kier alpha value is -1.89. The van der Waals surface area contributed by atoms with Crippen LogP contribution in [0.2, 0.25) is 0 Å². The van der Waals surface area contributed by atoms with Crippen molar-refractivity contribution in [2.75, 3.05) is 6.61 Å². The normalized spacial score (nSPS) is 11.4. The van der Waals surface area contributed by atoms with E-state index in [1.807, 2.05) is 0 Å². The van der Waals surface area contributed by atoms with Crippen LogP contribution in [0.15, 0.2) is 9.59 Å². The zero-order chi connectivity index (χ0) is 15.4. The van der Waals surface area contributed by atoms with E-state index in [0.29, 0.717) is 11.2 Å². The number of fused-ring (bicyclic) bond motifs is 1. The van der Waals surface area contributed by atoms with Crippen LogP contribution in [0.4, 0.5) is 0 Å². The number of nitrogens with zero attached hydrogens (tertiary/aromatic N) is 3. The molecule has 0 saturated heterocycles. The standard InChI is InChI=1S/C14H22N4O3/c1-17-12-11(13(20)18(2)14(17)21)15-10(16-12)8-6-4-3-5-7-9-19/h19H,3-9H2,1-2H3,(H,15,16). The van der Waals surface area contributed by atoms with Crippen molar-refractivity contribution in [1.29, 1.82) is 0 Å². The van der Waals surface area contributed by atoms with E-state index < -0.39 is 0 Å². The van der Waals surface area contributed by atoms with Crippen LogP contribution in [0.5, 0.6) is 0 Å². The highest BCUT2D eigenvalue weighted by Gasteiger charge is 2.12. The van der Waals surface area contributed by atoms with E-state index in [0.717, 1.165) is 48.9 Å². The number of aromatic nitrogens is 4. The van der Waals surface area contributed by atoms with Crippen molar-refractivity contribution in [2.45, 2.75) is 38.5 Å². The fraction of sp³-hybridized carbons (Fsp3) is 0.643. The summed E-state index contributed by atoms with van der Waals surface area (Å²) in [6.45, 7) is 0.251. The monoisotopic (exact) mass is 294 g/mol. The highest BCUT2D eigenvalue weighted by molar-refractivity contribution is 5.69. The second-order valence-electron chi connectivity index (χ2n) is 5.33. The Morgan fingerprint density at radius 1 is 1.05 bits per heavy atom. The van der Waals surface area contributed by atoms with E-state index in [9.17, 15) is 9.59 Å². The molecule has 116 valence electrons. The van der Waals surface area contributed by atoms with Gasteiger partial charge in [0.1, 0.15) is 11.3 Å². The summed E-state index contributed by atoms with van der Waals surface area (Å²) in [5.41, 5.74) is 0.0950. The van der Waals surface area contributed by atoms with Gasteiger partial charge in [-0.25, -0.2) is 9.78 Å². The Morgan fingerprint density at radius 3 is 2.43 bits per heavy atom. The molecule has 21 heavy (non-hydrogen) atoms. The SMILES string of the molecule is Cn1c(=O)c2[nH]c(CCCCCCCO)nc2n(C)c1=O. The second-order valence-corrected chi connectivity index (χ2v) is 5.33. The van der Waals surface area contributed by atoms with Crippen LogP contribution >= 0.6 is 0 Å². The molecule has 0 aliphatic rings. The van der Waals surface area contributed by atoms with E-state index in [1.165, 1.54) is 11.6 Å². The first-order chi connectivity index (χ1) is 10.1. The van der Waals surface area contributed by atoms with Crippen LogP contribution < -0.4 is 11.2 Å². The zero-order valence-corrected chi connectivity index (χ0v) is 12.6. The predicted octanol–water partition coefficient (Wildman–Crippen LogP) is 0.446. The number of hydrogen-bond donors (Lipinski definition) is 2. The third kappa shape index (κ3) is 3.24. The third-order valence-electron chi connectivity index (χ3n) is 3.72. The fourth-order valence-corrected chi connectivity index (χ4v) is 2.43. The molecule has 0 aromatic carbocycles. The maximum Gasteiger partial charge on any atom is 0.332 e. The minimum Gasteiger partial charge on any atom is -0.396 e. The number of rotatable bonds is 7. The number of H-pyrrole nitrogens is 1. The van der Waals surface area contributed by atoms with Gasteiger partial charge in [0, 0.05) is 27.1 Å². The quantitative estimate of drug-likeness (QED) is 0.725. The molecule has 0 aliphatic heterocycles. The van der Waals surface area contributed by atoms with Crippen molar-refractivity contribution in [3.63, 3.8) is 0 Å². The van der Waals surface area contributed by atoms with E-state index in [2.05, 4.69) is 9.97 Å². The summed E-state index contributed by atoms with van der Waals surface area (Å²) in [6, 6.07) is 0. The first-order valence-corrected chi connectivity index (χ1v) is 7.31. The predicted molar refractivity (Wildman–Crippen MR) is 80.5 cm³/mol. The molecule has 2 rings (SSSR count). The molecule has 2 heterocycles. The van der Waals surface area contributed by atoms with Crippen LogP contribution in [0.3, 0.4) is 0 Å². The molecule has 0 amide bonds. The molecule has 0 radical (unpaired) electrons. The molecule has 0 spiro atoms. The van der Waals surface area contributed by atoms with Crippen LogP contribution in [-0.2, 0) is 20.5 Å². The summed E-state index contributed by atoms with van der Waals surface area (Å²) >= 11 is 0. The molecular weight excluding hydrogens is 272 g/mol. The van der Waals surface area contributed by atoms with Crippen molar-refractivity contribution < 1.29 is 5.11 Å². The number of aliphatic hydroxyl groups excluding tert-OH is 1. The average Bonchev–Trinajstić information content (AvgIpc) is 2.91. The lowest BCUT2D eigenvalue weighted by Crippen LogP contribution is -2.36. The first-order valence-electron chi connectivity index (χ1n) is 7.31. The Morgan fingerprint density at radius 2 is 1.71 bits per heavy atom. The average molecular weight is 294 g/mol. The van der Waals surface area contributed by atoms with Crippen molar-refractivity contribution in [3.05, 3.63) is 26.7 Å². The summed E-state index contributed by atoms with van der Waals surface area (Å²) in [6.07, 6.45) is 5.76. The van der Waals surface area contributed by atoms with E-state index >= 15 is 0 Å². The molecule has 0 aliphatic carbocycles. The first kappa shape index (κ1) is 15.5. The van der Waals surface area contributed by atoms with Gasteiger partial charge in [-0.2, -0.15) is 0 Å². The lowest BCUT2D eigenvalue weighted by Gasteiger charge is -2.00. The number of nitrogens with one attached hydrogen (secondary N) is 1. The number of imidazole rings is 1. The Kier molecular flexibility index (Phi) is 4.95. The lowest BCUT2D eigenvalue weighted by molar-refractivity contribution is 0.282. The van der Waals surface area contributed by atoms with Crippen molar-refractivity contribution in [2.24, 2.45) is 14.1 Å². The minimum atomic E-state index is -0.366. The van der Waals surface area contributed by atoms with Crippen LogP contribution in [0.25, 0.3) is 11.2 Å². The van der Waals surface area contributed by atoms with Gasteiger partial charge >= 0.3 is 5.69 Å². The van der Waals surface area contributed by atoms with Crippen LogP contribution in [-0.4, -0.2) is 30.8 Å².